The van der Waals surface area contributed by atoms with Gasteiger partial charge in [0.25, 0.3) is 5.91 Å². The van der Waals surface area contributed by atoms with Gasteiger partial charge in [-0.25, -0.2) is 4.39 Å². The molecule has 3 aromatic carbocycles. The van der Waals surface area contributed by atoms with Crippen molar-refractivity contribution in [3.8, 4) is 0 Å². The molecule has 0 N–H and O–H groups in total. The summed E-state index contributed by atoms with van der Waals surface area (Å²) in [6.07, 6.45) is 0.292. The molecule has 0 saturated heterocycles. The number of oxime groups is 1. The van der Waals surface area contributed by atoms with Crippen molar-refractivity contribution in [1.82, 2.24) is 4.90 Å². The molecule has 0 spiro atoms. The van der Waals surface area contributed by atoms with E-state index >= 15 is 0 Å². The molecule has 1 atom stereocenters. The number of nitrogens with zero attached hydrogens (tertiary/aromatic N) is 2. The molecule has 4 nitrogen and oxygen atoms in total. The van der Waals surface area contributed by atoms with E-state index in [1.807, 2.05) is 54.6 Å². The van der Waals surface area contributed by atoms with Crippen LogP contribution in [0.2, 0.25) is 5.02 Å². The number of halogens is 2. The smallest absolute Gasteiger partial charge is 0.254 e. The van der Waals surface area contributed by atoms with Gasteiger partial charge < -0.3 is 9.74 Å². The van der Waals surface area contributed by atoms with Gasteiger partial charge >= 0.3 is 0 Å². The zero-order chi connectivity index (χ0) is 20.9. The highest BCUT2D eigenvalue weighted by Gasteiger charge is 2.27. The van der Waals surface area contributed by atoms with Crippen LogP contribution in [0.15, 0.2) is 84.0 Å². The van der Waals surface area contributed by atoms with Crippen LogP contribution in [-0.4, -0.2) is 29.2 Å². The average molecular weight is 423 g/mol. The molecule has 0 fully saturated rings. The van der Waals surface area contributed by atoms with E-state index < -0.39 is 5.82 Å². The average Bonchev–Trinajstić information content (AvgIpc) is 3.22. The molecule has 0 aromatic heterocycles. The number of hydrogen-bond acceptors (Lipinski definition) is 3. The van der Waals surface area contributed by atoms with E-state index in [0.717, 1.165) is 16.8 Å². The van der Waals surface area contributed by atoms with Crippen LogP contribution in [0.4, 0.5) is 4.39 Å². The van der Waals surface area contributed by atoms with Gasteiger partial charge in [-0.05, 0) is 41.5 Å². The number of benzene rings is 3. The predicted molar refractivity (Wildman–Crippen MR) is 115 cm³/mol. The SMILES string of the molecule is O=C(c1cccc(F)c1)N(Cc1ccccc1)C[C@@H]1CC(c2ccc(Cl)cc2)=NO1. The normalized spacial score (nSPS) is 15.4. The summed E-state index contributed by atoms with van der Waals surface area (Å²) >= 11 is 5.96. The molecule has 3 aromatic rings. The van der Waals surface area contributed by atoms with Crippen molar-refractivity contribution in [2.45, 2.75) is 19.1 Å². The highest BCUT2D eigenvalue weighted by molar-refractivity contribution is 6.30. The number of rotatable bonds is 6. The van der Waals surface area contributed by atoms with E-state index in [9.17, 15) is 9.18 Å². The second kappa shape index (κ2) is 9.09. The Hall–Kier alpha value is -3.18. The molecular formula is C24H20ClFN2O2. The molecule has 0 saturated carbocycles. The second-order valence-electron chi connectivity index (χ2n) is 7.16. The molecule has 152 valence electrons. The first-order valence-corrected chi connectivity index (χ1v) is 10.0. The zero-order valence-corrected chi connectivity index (χ0v) is 16.9. The maximum atomic E-state index is 13.7. The molecule has 4 rings (SSSR count). The number of carbonyl (C=O) groups is 1. The lowest BCUT2D eigenvalue weighted by atomic mass is 10.0. The maximum Gasteiger partial charge on any atom is 0.254 e. The van der Waals surface area contributed by atoms with Crippen LogP contribution in [0.25, 0.3) is 0 Å². The van der Waals surface area contributed by atoms with E-state index in [-0.39, 0.29) is 12.0 Å². The Morgan fingerprint density at radius 2 is 1.83 bits per heavy atom. The van der Waals surface area contributed by atoms with E-state index in [2.05, 4.69) is 5.16 Å². The molecule has 1 aliphatic heterocycles. The van der Waals surface area contributed by atoms with E-state index in [4.69, 9.17) is 16.4 Å². The summed E-state index contributed by atoms with van der Waals surface area (Å²) in [5.74, 6) is -0.687. The zero-order valence-electron chi connectivity index (χ0n) is 16.2. The Labute approximate surface area is 179 Å². The van der Waals surface area contributed by atoms with Crippen LogP contribution >= 0.6 is 11.6 Å². The minimum atomic E-state index is -0.439. The van der Waals surface area contributed by atoms with Crippen molar-refractivity contribution in [3.63, 3.8) is 0 Å². The fourth-order valence-corrected chi connectivity index (χ4v) is 3.54. The molecule has 0 aliphatic carbocycles. The molecule has 1 heterocycles. The van der Waals surface area contributed by atoms with Crippen molar-refractivity contribution in [3.05, 3.63) is 106 Å². The van der Waals surface area contributed by atoms with E-state index in [0.29, 0.717) is 30.1 Å². The summed E-state index contributed by atoms with van der Waals surface area (Å²) in [6, 6.07) is 22.8. The van der Waals surface area contributed by atoms with Gasteiger partial charge in [0.1, 0.15) is 5.82 Å². The molecule has 0 bridgehead atoms. The summed E-state index contributed by atoms with van der Waals surface area (Å²) < 4.78 is 13.7. The fraction of sp³-hybridized carbons (Fsp3) is 0.167. The maximum absolute atomic E-state index is 13.7. The van der Waals surface area contributed by atoms with Crippen LogP contribution in [0, 0.1) is 5.82 Å². The largest absolute Gasteiger partial charge is 0.390 e. The van der Waals surface area contributed by atoms with Crippen molar-refractivity contribution < 1.29 is 14.0 Å². The Morgan fingerprint density at radius 3 is 2.57 bits per heavy atom. The van der Waals surface area contributed by atoms with Crippen LogP contribution in [0.5, 0.6) is 0 Å². The fourth-order valence-electron chi connectivity index (χ4n) is 3.41. The molecule has 0 unspecified atom stereocenters. The summed E-state index contributed by atoms with van der Waals surface area (Å²) in [4.78, 5) is 20.4. The summed E-state index contributed by atoms with van der Waals surface area (Å²) in [7, 11) is 0. The van der Waals surface area contributed by atoms with Gasteiger partial charge in [-0.15, -0.1) is 0 Å². The van der Waals surface area contributed by atoms with Crippen molar-refractivity contribution >= 4 is 23.2 Å². The highest BCUT2D eigenvalue weighted by Crippen LogP contribution is 2.21. The number of carbonyl (C=O) groups excluding carboxylic acids is 1. The van der Waals surface area contributed by atoms with Gasteiger partial charge in [0.15, 0.2) is 6.10 Å². The molecular weight excluding hydrogens is 403 g/mol. The van der Waals surface area contributed by atoms with Crippen LogP contribution in [-0.2, 0) is 11.4 Å². The summed E-state index contributed by atoms with van der Waals surface area (Å²) in [5.41, 5.74) is 3.05. The van der Waals surface area contributed by atoms with E-state index in [1.54, 1.807) is 11.0 Å². The third-order valence-electron chi connectivity index (χ3n) is 4.91. The van der Waals surface area contributed by atoms with Gasteiger partial charge in [0.05, 0.1) is 12.3 Å². The Bertz CT molecular complexity index is 1050. The van der Waals surface area contributed by atoms with E-state index in [1.165, 1.54) is 18.2 Å². The summed E-state index contributed by atoms with van der Waals surface area (Å²) in [5, 5.41) is 4.86. The number of hydrogen-bond donors (Lipinski definition) is 0. The predicted octanol–water partition coefficient (Wildman–Crippen LogP) is 5.31. The quantitative estimate of drug-likeness (QED) is 0.540. The molecule has 6 heteroatoms. The minimum absolute atomic E-state index is 0.248. The topological polar surface area (TPSA) is 41.9 Å². The molecule has 0 radical (unpaired) electrons. The van der Waals surface area contributed by atoms with Crippen molar-refractivity contribution in [1.29, 1.82) is 0 Å². The van der Waals surface area contributed by atoms with Gasteiger partial charge in [-0.2, -0.15) is 0 Å². The lowest BCUT2D eigenvalue weighted by Gasteiger charge is -2.25. The minimum Gasteiger partial charge on any atom is -0.390 e. The first-order valence-electron chi connectivity index (χ1n) is 9.66. The Balaban J connectivity index is 1.50. The highest BCUT2D eigenvalue weighted by atomic mass is 35.5. The Morgan fingerprint density at radius 1 is 1.07 bits per heavy atom. The second-order valence-corrected chi connectivity index (χ2v) is 7.59. The third-order valence-corrected chi connectivity index (χ3v) is 5.16. The van der Waals surface area contributed by atoms with Crippen LogP contribution in [0.3, 0.4) is 0 Å². The first-order chi connectivity index (χ1) is 14.6. The van der Waals surface area contributed by atoms with Gasteiger partial charge in [-0.3, -0.25) is 4.79 Å². The molecule has 1 amide bonds. The number of amides is 1. The third kappa shape index (κ3) is 4.86. The van der Waals surface area contributed by atoms with Gasteiger partial charge in [-0.1, -0.05) is 65.3 Å². The molecule has 1 aliphatic rings. The first kappa shape index (κ1) is 20.1. The van der Waals surface area contributed by atoms with Crippen molar-refractivity contribution in [2.75, 3.05) is 6.54 Å². The van der Waals surface area contributed by atoms with Crippen molar-refractivity contribution in [2.24, 2.45) is 5.16 Å². The monoisotopic (exact) mass is 422 g/mol. The van der Waals surface area contributed by atoms with Gasteiger partial charge in [0, 0.05) is 23.6 Å². The lowest BCUT2D eigenvalue weighted by molar-refractivity contribution is 0.0405. The lowest BCUT2D eigenvalue weighted by Crippen LogP contribution is -2.37. The summed E-state index contributed by atoms with van der Waals surface area (Å²) in [6.45, 7) is 0.733. The standard InChI is InChI=1S/C24H20ClFN2O2/c25-20-11-9-18(10-12-20)23-14-22(30-27-23)16-28(15-17-5-2-1-3-6-17)24(29)19-7-4-8-21(26)13-19/h1-13,22H,14-16H2/t22-/m0/s1. The van der Waals surface area contributed by atoms with Crippen LogP contribution in [0.1, 0.15) is 27.9 Å². The van der Waals surface area contributed by atoms with Crippen LogP contribution < -0.4 is 0 Å². The van der Waals surface area contributed by atoms with Gasteiger partial charge in [0.2, 0.25) is 0 Å². The Kier molecular flexibility index (Phi) is 6.10. The molecule has 30 heavy (non-hydrogen) atoms.